The number of halogens is 1. The zero-order valence-electron chi connectivity index (χ0n) is 60.1. The van der Waals surface area contributed by atoms with E-state index in [9.17, 15) is 0 Å². The summed E-state index contributed by atoms with van der Waals surface area (Å²) in [5, 5.41) is 3.58. The first-order valence-electron chi connectivity index (χ1n) is 37.4. The molecule has 0 unspecified atom stereocenters. The summed E-state index contributed by atoms with van der Waals surface area (Å²) in [6.45, 7) is 9.38. The summed E-state index contributed by atoms with van der Waals surface area (Å²) in [6.07, 6.45) is 0. The molecule has 0 heterocycles. The number of hydrogen-bond donors (Lipinski definition) is 1. The Balaban J connectivity index is 0.000000117. The standard InChI is InChI=1S/C52H37N.C27H23N.C25H15Br/c1-51(2)44-22-10-6-17-38(44)42-32-31-37(33-48(42)51)53(36-29-27-35(28-30-36)34-15-4-3-5-16-34)49-26-14-21-43-41-20-9-13-25-47(41)52(50(43)49)45-23-11-7-18-39(45)40-19-8-12-24-46(40)52;1-27(2)25-11-7-6-10-23(25)24-17-16-22(18-26(24)27)28-21-14-12-20(13-15-21)19-8-4-3-5-9-19;26-23-15-7-11-19-18-10-3-6-14-22(18)25(24(19)23)20-12-4-1-8-16(20)17-9-2-5-13-21(17)25/h3-33H,1-2H3;3-18,28H,1-2H3;1-15H. The molecule has 3 heteroatoms. The molecule has 0 aliphatic heterocycles. The van der Waals surface area contributed by atoms with Gasteiger partial charge in [-0.05, 0) is 211 Å². The monoisotopic (exact) mass is 1430 g/mol. The molecule has 0 atom stereocenters. The highest BCUT2D eigenvalue weighted by Crippen LogP contribution is 2.67. The van der Waals surface area contributed by atoms with E-state index >= 15 is 0 Å². The van der Waals surface area contributed by atoms with Gasteiger partial charge < -0.3 is 10.2 Å². The van der Waals surface area contributed by atoms with Crippen molar-refractivity contribution in [1.82, 2.24) is 0 Å². The molecular weight excluding hydrogens is 1360 g/mol. The summed E-state index contributed by atoms with van der Waals surface area (Å²) in [4.78, 5) is 2.53. The number of benzene rings is 16. The van der Waals surface area contributed by atoms with Crippen LogP contribution in [0.3, 0.4) is 0 Å². The maximum atomic E-state index is 3.89. The molecule has 0 saturated carbocycles. The van der Waals surface area contributed by atoms with Gasteiger partial charge in [-0.1, -0.05) is 359 Å². The molecule has 2 spiro atoms. The Labute approximate surface area is 635 Å². The van der Waals surface area contributed by atoms with Crippen LogP contribution in [0.25, 0.3) is 89.0 Å². The minimum atomic E-state index is -0.468. The molecule has 0 radical (unpaired) electrons. The lowest BCUT2D eigenvalue weighted by atomic mass is 9.70. The van der Waals surface area contributed by atoms with Crippen LogP contribution in [0.1, 0.15) is 94.5 Å². The Hall–Kier alpha value is -12.4. The molecule has 6 aliphatic rings. The summed E-state index contributed by atoms with van der Waals surface area (Å²) < 4.78 is 1.18. The molecular formula is C104H75BrN2. The van der Waals surface area contributed by atoms with Crippen LogP contribution in [-0.4, -0.2) is 0 Å². The Morgan fingerprint density at radius 2 is 0.523 bits per heavy atom. The van der Waals surface area contributed by atoms with E-state index in [1.54, 1.807) is 0 Å². The molecule has 6 aliphatic carbocycles. The van der Waals surface area contributed by atoms with E-state index < -0.39 is 5.41 Å². The third kappa shape index (κ3) is 9.63. The maximum Gasteiger partial charge on any atom is 0.0746 e. The van der Waals surface area contributed by atoms with Crippen LogP contribution < -0.4 is 10.2 Å². The maximum absolute atomic E-state index is 3.89. The van der Waals surface area contributed by atoms with Gasteiger partial charge in [0.15, 0.2) is 0 Å². The molecule has 2 nitrogen and oxygen atoms in total. The highest BCUT2D eigenvalue weighted by Gasteiger charge is 2.55. The number of nitrogens with one attached hydrogen (secondary N) is 1. The van der Waals surface area contributed by atoms with Crippen molar-refractivity contribution in [2.75, 3.05) is 10.2 Å². The average molecular weight is 1430 g/mol. The fraction of sp³-hybridized carbons (Fsp3) is 0.0769. The van der Waals surface area contributed by atoms with Crippen LogP contribution in [0.15, 0.2) is 381 Å². The molecule has 107 heavy (non-hydrogen) atoms. The molecule has 0 amide bonds. The minimum absolute atomic E-state index is 0.0286. The Bertz CT molecular complexity index is 6110. The molecule has 1 N–H and O–H groups in total. The highest BCUT2D eigenvalue weighted by atomic mass is 79.9. The number of anilines is 5. The first-order chi connectivity index (χ1) is 52.5. The minimum Gasteiger partial charge on any atom is -0.356 e. The molecule has 508 valence electrons. The normalized spacial score (nSPS) is 14.3. The Morgan fingerprint density at radius 1 is 0.224 bits per heavy atom. The molecule has 0 fully saturated rings. The van der Waals surface area contributed by atoms with Crippen LogP contribution in [-0.2, 0) is 21.7 Å². The van der Waals surface area contributed by atoms with E-state index in [4.69, 9.17) is 0 Å². The average Bonchev–Trinajstić information content (AvgIpc) is 1.51. The molecule has 22 rings (SSSR count). The van der Waals surface area contributed by atoms with Crippen LogP contribution in [0, 0.1) is 0 Å². The van der Waals surface area contributed by atoms with Crippen LogP contribution in [0.4, 0.5) is 28.4 Å². The SMILES string of the molecule is Brc1cccc2c1C1(c3ccccc3-c3ccccc31)c1ccccc1-2.CC1(C)c2ccccc2-c2ccc(N(c3ccc(-c4ccccc4)cc3)c3cccc4c3C3(c5ccccc5-c5ccccc53)c3ccccc3-4)cc21.CC1(C)c2ccccc2-c2ccc(Nc3ccc(-c4ccccc4)cc3)cc21. The van der Waals surface area contributed by atoms with E-state index in [1.165, 1.54) is 166 Å². The van der Waals surface area contributed by atoms with Crippen LogP contribution in [0.5, 0.6) is 0 Å². The fourth-order valence-corrected chi connectivity index (χ4v) is 20.1. The van der Waals surface area contributed by atoms with Crippen molar-refractivity contribution in [2.45, 2.75) is 49.4 Å². The molecule has 0 bridgehead atoms. The predicted octanol–water partition coefficient (Wildman–Crippen LogP) is 27.7. The Morgan fingerprint density at radius 3 is 0.972 bits per heavy atom. The topological polar surface area (TPSA) is 15.3 Å². The first kappa shape index (κ1) is 64.2. The lowest BCUT2D eigenvalue weighted by molar-refractivity contribution is 0.660. The first-order valence-corrected chi connectivity index (χ1v) is 38.2. The van der Waals surface area contributed by atoms with Gasteiger partial charge in [0, 0.05) is 43.6 Å². The number of fused-ring (bicyclic) bond motifs is 26. The summed E-state index contributed by atoms with van der Waals surface area (Å²) >= 11 is 3.89. The molecule has 0 aromatic heterocycles. The largest absolute Gasteiger partial charge is 0.356 e. The lowest BCUT2D eigenvalue weighted by Crippen LogP contribution is -2.28. The molecule has 16 aromatic carbocycles. The van der Waals surface area contributed by atoms with Gasteiger partial charge in [-0.25, -0.2) is 0 Å². The van der Waals surface area contributed by atoms with Gasteiger partial charge in [0.2, 0.25) is 0 Å². The van der Waals surface area contributed by atoms with Crippen molar-refractivity contribution in [1.29, 1.82) is 0 Å². The smallest absolute Gasteiger partial charge is 0.0746 e. The zero-order valence-corrected chi connectivity index (χ0v) is 61.7. The molecule has 0 saturated heterocycles. The van der Waals surface area contributed by atoms with Crippen LogP contribution in [0.2, 0.25) is 0 Å². The predicted molar refractivity (Wildman–Crippen MR) is 450 cm³/mol. The van der Waals surface area contributed by atoms with Crippen LogP contribution >= 0.6 is 15.9 Å². The second-order valence-corrected chi connectivity index (χ2v) is 31.1. The van der Waals surface area contributed by atoms with Gasteiger partial charge in [-0.15, -0.1) is 0 Å². The second kappa shape index (κ2) is 24.9. The lowest BCUT2D eigenvalue weighted by Gasteiger charge is -2.36. The van der Waals surface area contributed by atoms with E-state index in [0.717, 1.165) is 22.7 Å². The van der Waals surface area contributed by atoms with Crippen molar-refractivity contribution in [2.24, 2.45) is 0 Å². The van der Waals surface area contributed by atoms with Gasteiger partial charge in [0.25, 0.3) is 0 Å². The van der Waals surface area contributed by atoms with E-state index in [1.807, 2.05) is 6.07 Å². The second-order valence-electron chi connectivity index (χ2n) is 30.3. The van der Waals surface area contributed by atoms with E-state index in [2.05, 4.69) is 424 Å². The van der Waals surface area contributed by atoms with Gasteiger partial charge in [0.1, 0.15) is 0 Å². The quantitative estimate of drug-likeness (QED) is 0.171. The third-order valence-electron chi connectivity index (χ3n) is 24.1. The van der Waals surface area contributed by atoms with Crippen molar-refractivity contribution < 1.29 is 0 Å². The summed E-state index contributed by atoms with van der Waals surface area (Å²) in [5.74, 6) is 0. The zero-order chi connectivity index (χ0) is 71.8. The number of rotatable bonds is 7. The number of hydrogen-bond acceptors (Lipinski definition) is 2. The highest BCUT2D eigenvalue weighted by molar-refractivity contribution is 9.10. The van der Waals surface area contributed by atoms with Gasteiger partial charge in [0.05, 0.1) is 16.5 Å². The van der Waals surface area contributed by atoms with Crippen molar-refractivity contribution >= 4 is 44.4 Å². The van der Waals surface area contributed by atoms with E-state index in [-0.39, 0.29) is 16.2 Å². The summed E-state index contributed by atoms with van der Waals surface area (Å²) in [7, 11) is 0. The Kier molecular flexibility index (Phi) is 14.9. The fourth-order valence-electron chi connectivity index (χ4n) is 19.4. The summed E-state index contributed by atoms with van der Waals surface area (Å²) in [6, 6.07) is 138. The van der Waals surface area contributed by atoms with Gasteiger partial charge >= 0.3 is 0 Å². The van der Waals surface area contributed by atoms with E-state index in [0.29, 0.717) is 0 Å². The number of nitrogens with zero attached hydrogens (tertiary/aromatic N) is 1. The van der Waals surface area contributed by atoms with Crippen molar-refractivity contribution in [3.05, 3.63) is 447 Å². The van der Waals surface area contributed by atoms with Crippen molar-refractivity contribution in [3.8, 4) is 89.0 Å². The van der Waals surface area contributed by atoms with Gasteiger partial charge in [-0.3, -0.25) is 0 Å². The van der Waals surface area contributed by atoms with Crippen molar-refractivity contribution in [3.63, 3.8) is 0 Å². The molecule has 16 aromatic rings. The third-order valence-corrected chi connectivity index (χ3v) is 24.8. The van der Waals surface area contributed by atoms with Gasteiger partial charge in [-0.2, -0.15) is 0 Å². The summed E-state index contributed by atoms with van der Waals surface area (Å²) in [5.41, 5.74) is 42.3.